The monoisotopic (exact) mass is 207 g/mol. The van der Waals surface area contributed by atoms with Crippen molar-refractivity contribution in [1.82, 2.24) is 14.8 Å². The number of nitrogens with zero attached hydrogens (tertiary/aromatic N) is 3. The lowest BCUT2D eigenvalue weighted by atomic mass is 10.4. The van der Waals surface area contributed by atoms with E-state index in [1.165, 1.54) is 24.4 Å². The Hall–Kier alpha value is -2.11. The van der Waals surface area contributed by atoms with Crippen molar-refractivity contribution in [2.45, 2.75) is 6.54 Å². The van der Waals surface area contributed by atoms with Crippen LogP contribution in [0.1, 0.15) is 0 Å². The molecule has 6 heteroatoms. The highest BCUT2D eigenvalue weighted by atomic mass is 16.5. The Morgan fingerprint density at radius 3 is 3.20 bits per heavy atom. The minimum Gasteiger partial charge on any atom is -0.468 e. The Morgan fingerprint density at radius 1 is 1.67 bits per heavy atom. The van der Waals surface area contributed by atoms with Crippen molar-refractivity contribution in [3.8, 4) is 11.6 Å². The van der Waals surface area contributed by atoms with E-state index in [-0.39, 0.29) is 12.5 Å². The van der Waals surface area contributed by atoms with Gasteiger partial charge in [-0.2, -0.15) is 0 Å². The van der Waals surface area contributed by atoms with Crippen LogP contribution in [-0.2, 0) is 16.1 Å². The smallest absolute Gasteiger partial charge is 0.327 e. The van der Waals surface area contributed by atoms with Crippen LogP contribution in [0.5, 0.6) is 0 Å². The number of aromatic nitrogens is 3. The van der Waals surface area contributed by atoms with E-state index in [1.54, 1.807) is 12.1 Å². The summed E-state index contributed by atoms with van der Waals surface area (Å²) in [6, 6.07) is 3.49. The molecule has 6 nitrogen and oxygen atoms in total. The molecule has 0 spiro atoms. The fraction of sp³-hybridized carbons (Fsp3) is 0.222. The highest BCUT2D eigenvalue weighted by Crippen LogP contribution is 2.13. The van der Waals surface area contributed by atoms with Crippen molar-refractivity contribution in [2.75, 3.05) is 7.11 Å². The molecule has 0 saturated heterocycles. The number of methoxy groups -OCH3 is 1. The van der Waals surface area contributed by atoms with Crippen LogP contribution in [0.15, 0.2) is 29.1 Å². The van der Waals surface area contributed by atoms with Crippen LogP contribution < -0.4 is 0 Å². The zero-order valence-electron chi connectivity index (χ0n) is 8.08. The van der Waals surface area contributed by atoms with Gasteiger partial charge in [0.15, 0.2) is 5.76 Å². The van der Waals surface area contributed by atoms with E-state index in [2.05, 4.69) is 14.8 Å². The molecule has 0 aliphatic heterocycles. The van der Waals surface area contributed by atoms with Gasteiger partial charge in [0.2, 0.25) is 5.82 Å². The van der Waals surface area contributed by atoms with Gasteiger partial charge in [-0.3, -0.25) is 4.79 Å². The number of furan rings is 1. The zero-order valence-corrected chi connectivity index (χ0v) is 8.08. The molecule has 0 unspecified atom stereocenters. The average molecular weight is 207 g/mol. The first kappa shape index (κ1) is 9.45. The van der Waals surface area contributed by atoms with Crippen molar-refractivity contribution in [3.05, 3.63) is 24.7 Å². The first-order valence-electron chi connectivity index (χ1n) is 4.30. The normalized spacial score (nSPS) is 10.2. The number of rotatable bonds is 3. The quantitative estimate of drug-likeness (QED) is 0.693. The average Bonchev–Trinajstić information content (AvgIpc) is 2.85. The summed E-state index contributed by atoms with van der Waals surface area (Å²) in [7, 11) is 1.33. The third-order valence-electron chi connectivity index (χ3n) is 1.80. The first-order chi connectivity index (χ1) is 7.29. The van der Waals surface area contributed by atoms with Crippen molar-refractivity contribution < 1.29 is 13.9 Å². The second kappa shape index (κ2) is 3.95. The summed E-state index contributed by atoms with van der Waals surface area (Å²) in [5.74, 6) is 0.647. The zero-order chi connectivity index (χ0) is 10.7. The summed E-state index contributed by atoms with van der Waals surface area (Å²) in [5.41, 5.74) is 0. The highest BCUT2D eigenvalue weighted by molar-refractivity contribution is 5.68. The third-order valence-corrected chi connectivity index (χ3v) is 1.80. The van der Waals surface area contributed by atoms with Gasteiger partial charge >= 0.3 is 5.97 Å². The van der Waals surface area contributed by atoms with Crippen molar-refractivity contribution in [3.63, 3.8) is 0 Å². The lowest BCUT2D eigenvalue weighted by Crippen LogP contribution is -2.11. The number of ether oxygens (including phenoxy) is 1. The Kier molecular flexibility index (Phi) is 2.49. The molecule has 2 rings (SSSR count). The van der Waals surface area contributed by atoms with E-state index in [4.69, 9.17) is 4.42 Å². The Labute approximate surface area is 85.5 Å². The molecule has 0 bridgehead atoms. The molecule has 0 aliphatic rings. The van der Waals surface area contributed by atoms with Gasteiger partial charge in [-0.1, -0.05) is 0 Å². The van der Waals surface area contributed by atoms with E-state index in [9.17, 15) is 4.79 Å². The van der Waals surface area contributed by atoms with E-state index in [1.807, 2.05) is 0 Å². The van der Waals surface area contributed by atoms with Crippen LogP contribution in [0.3, 0.4) is 0 Å². The minimum absolute atomic E-state index is 0.0458. The van der Waals surface area contributed by atoms with Crippen molar-refractivity contribution in [1.29, 1.82) is 0 Å². The third kappa shape index (κ3) is 2.04. The molecule has 0 aromatic carbocycles. The predicted octanol–water partition coefficient (Wildman–Crippen LogP) is 0.711. The fourth-order valence-electron chi connectivity index (χ4n) is 1.09. The summed E-state index contributed by atoms with van der Waals surface area (Å²) < 4.78 is 11.0. The minimum atomic E-state index is -0.370. The molecular weight excluding hydrogens is 198 g/mol. The molecule has 2 heterocycles. The standard InChI is InChI=1S/C9H9N3O3/c1-14-8(13)5-12-6-10-9(11-12)7-3-2-4-15-7/h2-4,6H,5H2,1H3. The Balaban J connectivity index is 2.14. The maximum Gasteiger partial charge on any atom is 0.327 e. The van der Waals surface area contributed by atoms with Gasteiger partial charge in [-0.15, -0.1) is 5.10 Å². The molecule has 15 heavy (non-hydrogen) atoms. The summed E-state index contributed by atoms with van der Waals surface area (Å²) in [6.45, 7) is 0.0458. The molecule has 0 fully saturated rings. The molecule has 0 atom stereocenters. The van der Waals surface area contributed by atoms with Crippen molar-refractivity contribution in [2.24, 2.45) is 0 Å². The van der Waals surface area contributed by atoms with Gasteiger partial charge in [-0.25, -0.2) is 9.67 Å². The van der Waals surface area contributed by atoms with Gasteiger partial charge in [0.1, 0.15) is 12.9 Å². The van der Waals surface area contributed by atoms with Crippen LogP contribution in [-0.4, -0.2) is 27.8 Å². The second-order valence-electron chi connectivity index (χ2n) is 2.82. The topological polar surface area (TPSA) is 70.2 Å². The van der Waals surface area contributed by atoms with Crippen LogP contribution >= 0.6 is 0 Å². The molecule has 0 amide bonds. The van der Waals surface area contributed by atoms with Crippen LogP contribution in [0.25, 0.3) is 11.6 Å². The van der Waals surface area contributed by atoms with Gasteiger partial charge in [-0.05, 0) is 12.1 Å². The Morgan fingerprint density at radius 2 is 2.53 bits per heavy atom. The summed E-state index contributed by atoms with van der Waals surface area (Å²) in [6.07, 6.45) is 2.99. The van der Waals surface area contributed by atoms with E-state index in [0.29, 0.717) is 11.6 Å². The van der Waals surface area contributed by atoms with Crippen LogP contribution in [0.4, 0.5) is 0 Å². The number of hydrogen-bond acceptors (Lipinski definition) is 5. The van der Waals surface area contributed by atoms with E-state index in [0.717, 1.165) is 0 Å². The number of carbonyl (C=O) groups excluding carboxylic acids is 1. The molecule has 0 aliphatic carbocycles. The molecule has 0 radical (unpaired) electrons. The van der Waals surface area contributed by atoms with E-state index < -0.39 is 0 Å². The maximum absolute atomic E-state index is 10.9. The van der Waals surface area contributed by atoms with Crippen molar-refractivity contribution >= 4 is 5.97 Å². The van der Waals surface area contributed by atoms with E-state index >= 15 is 0 Å². The maximum atomic E-state index is 10.9. The lowest BCUT2D eigenvalue weighted by Gasteiger charge is -1.96. The molecule has 2 aromatic heterocycles. The number of hydrogen-bond donors (Lipinski definition) is 0. The summed E-state index contributed by atoms with van der Waals surface area (Å²) in [4.78, 5) is 14.9. The number of carbonyl (C=O) groups is 1. The molecule has 78 valence electrons. The largest absolute Gasteiger partial charge is 0.468 e. The SMILES string of the molecule is COC(=O)Cn1cnc(-c2ccco2)n1. The van der Waals surface area contributed by atoms with Gasteiger partial charge in [0.25, 0.3) is 0 Å². The first-order valence-corrected chi connectivity index (χ1v) is 4.30. The molecule has 0 saturated carbocycles. The number of esters is 1. The Bertz CT molecular complexity index is 447. The van der Waals surface area contributed by atoms with Gasteiger partial charge in [0.05, 0.1) is 13.4 Å². The van der Waals surface area contributed by atoms with Gasteiger partial charge < -0.3 is 9.15 Å². The van der Waals surface area contributed by atoms with Crippen LogP contribution in [0.2, 0.25) is 0 Å². The van der Waals surface area contributed by atoms with Crippen LogP contribution in [0, 0.1) is 0 Å². The molecule has 2 aromatic rings. The molecular formula is C9H9N3O3. The second-order valence-corrected chi connectivity index (χ2v) is 2.82. The summed E-state index contributed by atoms with van der Waals surface area (Å²) >= 11 is 0. The predicted molar refractivity (Wildman–Crippen MR) is 49.7 cm³/mol. The molecule has 0 N–H and O–H groups in total. The lowest BCUT2D eigenvalue weighted by molar-refractivity contribution is -0.141. The van der Waals surface area contributed by atoms with Gasteiger partial charge in [0, 0.05) is 0 Å². The fourth-order valence-corrected chi connectivity index (χ4v) is 1.09. The summed E-state index contributed by atoms with van der Waals surface area (Å²) in [5, 5.41) is 4.05. The highest BCUT2D eigenvalue weighted by Gasteiger charge is 2.08.